The number of likely N-dealkylation sites (tertiary alicyclic amines) is 1. The maximum absolute atomic E-state index is 12.4. The van der Waals surface area contributed by atoms with Gasteiger partial charge in [-0.05, 0) is 37.1 Å². The molecular weight excluding hydrogens is 306 g/mol. The Bertz CT molecular complexity index is 608. The van der Waals surface area contributed by atoms with Crippen molar-refractivity contribution in [2.24, 2.45) is 5.92 Å². The molecule has 6 nitrogen and oxygen atoms in total. The lowest BCUT2D eigenvalue weighted by Gasteiger charge is -2.26. The molecule has 0 unspecified atom stereocenters. The fourth-order valence-electron chi connectivity index (χ4n) is 3.07. The van der Waals surface area contributed by atoms with Gasteiger partial charge in [0.1, 0.15) is 0 Å². The van der Waals surface area contributed by atoms with Crippen LogP contribution >= 0.6 is 0 Å². The third-order valence-electron chi connectivity index (χ3n) is 4.39. The van der Waals surface area contributed by atoms with Crippen LogP contribution in [0.4, 0.5) is 11.4 Å². The zero-order valence-corrected chi connectivity index (χ0v) is 14.5. The van der Waals surface area contributed by atoms with Crippen molar-refractivity contribution in [2.75, 3.05) is 17.2 Å². The minimum atomic E-state index is -0.312. The summed E-state index contributed by atoms with van der Waals surface area (Å²) in [5.41, 5.74) is 1.33. The fourth-order valence-corrected chi connectivity index (χ4v) is 3.07. The number of nitrogens with zero attached hydrogens (tertiary/aromatic N) is 1. The molecule has 2 N–H and O–H groups in total. The van der Waals surface area contributed by atoms with Gasteiger partial charge in [0, 0.05) is 37.3 Å². The molecule has 1 aliphatic rings. The summed E-state index contributed by atoms with van der Waals surface area (Å²) in [5, 5.41) is 5.52. The molecule has 1 aromatic carbocycles. The van der Waals surface area contributed by atoms with Crippen molar-refractivity contribution in [3.8, 4) is 0 Å². The second kappa shape index (κ2) is 7.95. The van der Waals surface area contributed by atoms with Gasteiger partial charge in [0.25, 0.3) is 0 Å². The number of carbonyl (C=O) groups is 3. The molecule has 1 aliphatic heterocycles. The maximum atomic E-state index is 12.4. The highest BCUT2D eigenvalue weighted by Gasteiger charge is 2.36. The quantitative estimate of drug-likeness (QED) is 0.841. The van der Waals surface area contributed by atoms with Crippen molar-refractivity contribution in [3.63, 3.8) is 0 Å². The van der Waals surface area contributed by atoms with E-state index in [9.17, 15) is 14.4 Å². The van der Waals surface area contributed by atoms with Crippen LogP contribution in [0.15, 0.2) is 24.3 Å². The maximum Gasteiger partial charge on any atom is 0.229 e. The first-order valence-corrected chi connectivity index (χ1v) is 8.42. The molecule has 3 amide bonds. The van der Waals surface area contributed by atoms with Crippen LogP contribution in [-0.2, 0) is 14.4 Å². The first-order chi connectivity index (χ1) is 11.4. The third kappa shape index (κ3) is 4.34. The number of anilines is 2. The van der Waals surface area contributed by atoms with Gasteiger partial charge in [0.05, 0.1) is 5.92 Å². The standard InChI is InChI=1S/C18H25N3O3/c1-4-16(5-2)21-11-13(10-17(21)23)18(24)20-15-8-6-14(7-9-15)19-12(3)22/h6-9,13,16H,4-5,10-11H2,1-3H3,(H,19,22)(H,20,24)/t13-/m0/s1. The second-order valence-corrected chi connectivity index (χ2v) is 6.17. The van der Waals surface area contributed by atoms with Crippen LogP contribution in [0.3, 0.4) is 0 Å². The van der Waals surface area contributed by atoms with Gasteiger partial charge in [-0.2, -0.15) is 0 Å². The lowest BCUT2D eigenvalue weighted by molar-refractivity contribution is -0.130. The first kappa shape index (κ1) is 18.0. The zero-order chi connectivity index (χ0) is 17.7. The van der Waals surface area contributed by atoms with Crippen LogP contribution < -0.4 is 10.6 Å². The molecule has 0 aliphatic carbocycles. The van der Waals surface area contributed by atoms with Gasteiger partial charge >= 0.3 is 0 Å². The lowest BCUT2D eigenvalue weighted by atomic mass is 10.1. The Kier molecular flexibility index (Phi) is 5.95. The molecule has 130 valence electrons. The molecule has 1 heterocycles. The monoisotopic (exact) mass is 331 g/mol. The SMILES string of the molecule is CCC(CC)N1C[C@@H](C(=O)Nc2ccc(NC(C)=O)cc2)CC1=O. The molecule has 2 rings (SSSR count). The van der Waals surface area contributed by atoms with Crippen molar-refractivity contribution in [1.82, 2.24) is 4.90 Å². The summed E-state index contributed by atoms with van der Waals surface area (Å²) in [6.45, 7) is 6.05. The molecule has 24 heavy (non-hydrogen) atoms. The van der Waals surface area contributed by atoms with Crippen LogP contribution in [0.2, 0.25) is 0 Å². The van der Waals surface area contributed by atoms with E-state index in [1.807, 2.05) is 4.90 Å². The van der Waals surface area contributed by atoms with E-state index in [1.165, 1.54) is 6.92 Å². The number of rotatable bonds is 6. The zero-order valence-electron chi connectivity index (χ0n) is 14.5. The average Bonchev–Trinajstić information content (AvgIpc) is 2.92. The number of hydrogen-bond donors (Lipinski definition) is 2. The molecule has 1 saturated heterocycles. The number of hydrogen-bond acceptors (Lipinski definition) is 3. The molecule has 0 radical (unpaired) electrons. The van der Waals surface area contributed by atoms with Gasteiger partial charge < -0.3 is 15.5 Å². The molecule has 1 atom stereocenters. The summed E-state index contributed by atoms with van der Waals surface area (Å²) in [7, 11) is 0. The van der Waals surface area contributed by atoms with Gasteiger partial charge in [-0.1, -0.05) is 13.8 Å². The van der Waals surface area contributed by atoms with E-state index < -0.39 is 0 Å². The summed E-state index contributed by atoms with van der Waals surface area (Å²) < 4.78 is 0. The molecule has 1 aromatic rings. The van der Waals surface area contributed by atoms with Gasteiger partial charge in [0.15, 0.2) is 0 Å². The van der Waals surface area contributed by atoms with Crippen molar-refractivity contribution in [1.29, 1.82) is 0 Å². The van der Waals surface area contributed by atoms with Gasteiger partial charge in [-0.3, -0.25) is 14.4 Å². The molecule has 1 fully saturated rings. The van der Waals surface area contributed by atoms with E-state index in [0.717, 1.165) is 12.8 Å². The van der Waals surface area contributed by atoms with Crippen molar-refractivity contribution in [2.45, 2.75) is 46.1 Å². The Morgan fingerprint density at radius 3 is 2.17 bits per heavy atom. The first-order valence-electron chi connectivity index (χ1n) is 8.42. The summed E-state index contributed by atoms with van der Waals surface area (Å²) in [6.07, 6.45) is 2.08. The molecule has 0 spiro atoms. The smallest absolute Gasteiger partial charge is 0.229 e. The van der Waals surface area contributed by atoms with Gasteiger partial charge in [-0.15, -0.1) is 0 Å². The number of carbonyl (C=O) groups excluding carboxylic acids is 3. The second-order valence-electron chi connectivity index (χ2n) is 6.17. The Labute approximate surface area is 142 Å². The summed E-state index contributed by atoms with van der Waals surface area (Å²) in [4.78, 5) is 37.4. The Morgan fingerprint density at radius 2 is 1.67 bits per heavy atom. The summed E-state index contributed by atoms with van der Waals surface area (Å²) >= 11 is 0. The summed E-state index contributed by atoms with van der Waals surface area (Å²) in [5.74, 6) is -0.528. The Hall–Kier alpha value is -2.37. The highest BCUT2D eigenvalue weighted by molar-refractivity contribution is 5.97. The van der Waals surface area contributed by atoms with Crippen LogP contribution in [0.5, 0.6) is 0 Å². The van der Waals surface area contributed by atoms with E-state index in [-0.39, 0.29) is 36.1 Å². The van der Waals surface area contributed by atoms with Gasteiger partial charge in [-0.25, -0.2) is 0 Å². The van der Waals surface area contributed by atoms with E-state index in [2.05, 4.69) is 24.5 Å². The molecule has 0 bridgehead atoms. The van der Waals surface area contributed by atoms with E-state index in [4.69, 9.17) is 0 Å². The number of benzene rings is 1. The highest BCUT2D eigenvalue weighted by Crippen LogP contribution is 2.24. The van der Waals surface area contributed by atoms with Crippen molar-refractivity contribution >= 4 is 29.1 Å². The minimum Gasteiger partial charge on any atom is -0.339 e. The van der Waals surface area contributed by atoms with Crippen LogP contribution in [0.1, 0.15) is 40.0 Å². The summed E-state index contributed by atoms with van der Waals surface area (Å²) in [6, 6.07) is 7.14. The molecular formula is C18H25N3O3. The topological polar surface area (TPSA) is 78.5 Å². The average molecular weight is 331 g/mol. The normalized spacial score (nSPS) is 17.2. The van der Waals surface area contributed by atoms with Gasteiger partial charge in [0.2, 0.25) is 17.7 Å². The van der Waals surface area contributed by atoms with Crippen LogP contribution in [0, 0.1) is 5.92 Å². The Morgan fingerprint density at radius 1 is 1.12 bits per heavy atom. The van der Waals surface area contributed by atoms with E-state index in [0.29, 0.717) is 17.9 Å². The predicted octanol–water partition coefficient (Wildman–Crippen LogP) is 2.62. The molecule has 0 saturated carbocycles. The van der Waals surface area contributed by atoms with E-state index >= 15 is 0 Å². The highest BCUT2D eigenvalue weighted by atomic mass is 16.2. The minimum absolute atomic E-state index is 0.0601. The number of amides is 3. The number of nitrogens with one attached hydrogen (secondary N) is 2. The largest absolute Gasteiger partial charge is 0.339 e. The Balaban J connectivity index is 1.95. The van der Waals surface area contributed by atoms with Crippen LogP contribution in [-0.4, -0.2) is 35.2 Å². The lowest BCUT2D eigenvalue weighted by Crippen LogP contribution is -2.36. The molecule has 0 aromatic heterocycles. The van der Waals surface area contributed by atoms with E-state index in [1.54, 1.807) is 24.3 Å². The third-order valence-corrected chi connectivity index (χ3v) is 4.39. The fraction of sp³-hybridized carbons (Fsp3) is 0.500. The molecule has 6 heteroatoms. The van der Waals surface area contributed by atoms with Crippen LogP contribution in [0.25, 0.3) is 0 Å². The predicted molar refractivity (Wildman–Crippen MR) is 93.6 cm³/mol. The van der Waals surface area contributed by atoms with Crippen molar-refractivity contribution in [3.05, 3.63) is 24.3 Å². The van der Waals surface area contributed by atoms with Crippen molar-refractivity contribution < 1.29 is 14.4 Å².